The molecule has 1 saturated heterocycles. The normalized spacial score (nSPS) is 18.4. The first-order valence-corrected chi connectivity index (χ1v) is 7.50. The number of nitrogens with one attached hydrogen (secondary N) is 2. The molecule has 0 unspecified atom stereocenters. The second kappa shape index (κ2) is 7.24. The first kappa shape index (κ1) is 14.8. The minimum absolute atomic E-state index is 0.574. The zero-order valence-corrected chi connectivity index (χ0v) is 12.7. The number of nitrogens with zero attached hydrogens (tertiary/aromatic N) is 2. The van der Waals surface area contributed by atoms with Gasteiger partial charge in [-0.3, -0.25) is 0 Å². The standard InChI is InChI=1S/C15H22N4S/c1-3-9-16-15(20)18-13-7-8-14(17-11-13)19-10-5-4-6-12(19)2/h3,7-8,11-12H,1,4-6,9-10H2,2H3,(H2,16,18,20)/t12-/m0/s1. The minimum atomic E-state index is 0.574. The maximum absolute atomic E-state index is 5.17. The van der Waals surface area contributed by atoms with Crippen molar-refractivity contribution in [1.82, 2.24) is 10.3 Å². The highest BCUT2D eigenvalue weighted by Crippen LogP contribution is 2.23. The smallest absolute Gasteiger partial charge is 0.171 e. The van der Waals surface area contributed by atoms with Gasteiger partial charge in [-0.2, -0.15) is 0 Å². The summed E-state index contributed by atoms with van der Waals surface area (Å²) in [6, 6.07) is 4.65. The summed E-state index contributed by atoms with van der Waals surface area (Å²) >= 11 is 5.17. The van der Waals surface area contributed by atoms with E-state index in [0.29, 0.717) is 17.7 Å². The van der Waals surface area contributed by atoms with Crippen molar-refractivity contribution in [2.45, 2.75) is 32.2 Å². The first-order chi connectivity index (χ1) is 9.70. The number of rotatable bonds is 4. The van der Waals surface area contributed by atoms with Crippen molar-refractivity contribution < 1.29 is 0 Å². The van der Waals surface area contributed by atoms with Gasteiger partial charge in [-0.1, -0.05) is 6.08 Å². The Hall–Kier alpha value is -1.62. The van der Waals surface area contributed by atoms with Crippen LogP contribution in [0.1, 0.15) is 26.2 Å². The maximum Gasteiger partial charge on any atom is 0.171 e. The molecule has 0 spiro atoms. The van der Waals surface area contributed by atoms with Crippen molar-refractivity contribution in [3.63, 3.8) is 0 Å². The third-order valence-corrected chi connectivity index (χ3v) is 3.76. The number of piperidine rings is 1. The summed E-state index contributed by atoms with van der Waals surface area (Å²) in [7, 11) is 0. The molecule has 0 bridgehead atoms. The van der Waals surface area contributed by atoms with Gasteiger partial charge in [0.05, 0.1) is 11.9 Å². The minimum Gasteiger partial charge on any atom is -0.359 e. The second-order valence-electron chi connectivity index (χ2n) is 5.07. The zero-order chi connectivity index (χ0) is 14.4. The number of hydrogen-bond acceptors (Lipinski definition) is 3. The van der Waals surface area contributed by atoms with Crippen LogP contribution in [0.2, 0.25) is 0 Å². The van der Waals surface area contributed by atoms with Crippen LogP contribution in [-0.4, -0.2) is 29.2 Å². The van der Waals surface area contributed by atoms with Gasteiger partial charge in [0, 0.05) is 19.1 Å². The molecule has 2 heterocycles. The molecule has 0 aliphatic carbocycles. The Kier molecular flexibility index (Phi) is 5.35. The summed E-state index contributed by atoms with van der Waals surface area (Å²) in [4.78, 5) is 6.92. The van der Waals surface area contributed by atoms with E-state index >= 15 is 0 Å². The predicted octanol–water partition coefficient (Wildman–Crippen LogP) is 2.93. The van der Waals surface area contributed by atoms with Crippen LogP contribution in [0.15, 0.2) is 31.0 Å². The molecule has 2 N–H and O–H groups in total. The fraction of sp³-hybridized carbons (Fsp3) is 0.467. The molecule has 0 amide bonds. The van der Waals surface area contributed by atoms with Crippen LogP contribution < -0.4 is 15.5 Å². The lowest BCUT2D eigenvalue weighted by molar-refractivity contribution is 0.481. The van der Waals surface area contributed by atoms with Crippen LogP contribution in [0.25, 0.3) is 0 Å². The fourth-order valence-electron chi connectivity index (χ4n) is 2.41. The van der Waals surface area contributed by atoms with Crippen molar-refractivity contribution in [2.24, 2.45) is 0 Å². The molecule has 0 radical (unpaired) electrons. The van der Waals surface area contributed by atoms with E-state index in [4.69, 9.17) is 12.2 Å². The van der Waals surface area contributed by atoms with E-state index in [1.54, 1.807) is 6.08 Å². The highest BCUT2D eigenvalue weighted by Gasteiger charge is 2.19. The molecule has 1 aromatic heterocycles. The number of anilines is 2. The summed E-state index contributed by atoms with van der Waals surface area (Å²) in [6.07, 6.45) is 7.42. The summed E-state index contributed by atoms with van der Waals surface area (Å²) in [5.74, 6) is 1.05. The number of hydrogen-bond donors (Lipinski definition) is 2. The molecule has 0 aromatic carbocycles. The van der Waals surface area contributed by atoms with Gasteiger partial charge in [0.1, 0.15) is 5.82 Å². The topological polar surface area (TPSA) is 40.2 Å². The summed E-state index contributed by atoms with van der Waals surface area (Å²) in [5, 5.41) is 6.73. The SMILES string of the molecule is C=CCNC(=S)Nc1ccc(N2CCCC[C@@H]2C)nc1. The van der Waals surface area contributed by atoms with Crippen molar-refractivity contribution in [1.29, 1.82) is 0 Å². The van der Waals surface area contributed by atoms with E-state index in [1.807, 2.05) is 12.3 Å². The predicted molar refractivity (Wildman–Crippen MR) is 89.3 cm³/mol. The van der Waals surface area contributed by atoms with E-state index in [-0.39, 0.29) is 0 Å². The van der Waals surface area contributed by atoms with Gasteiger partial charge in [-0.15, -0.1) is 6.58 Å². The Morgan fingerprint density at radius 3 is 3.05 bits per heavy atom. The first-order valence-electron chi connectivity index (χ1n) is 7.09. The van der Waals surface area contributed by atoms with Crippen LogP contribution >= 0.6 is 12.2 Å². The molecule has 2 rings (SSSR count). The third-order valence-electron chi connectivity index (χ3n) is 3.51. The van der Waals surface area contributed by atoms with E-state index in [1.165, 1.54) is 19.3 Å². The number of thiocarbonyl (C=S) groups is 1. The quantitative estimate of drug-likeness (QED) is 0.659. The molecular weight excluding hydrogens is 268 g/mol. The molecule has 1 atom stereocenters. The Morgan fingerprint density at radius 1 is 1.55 bits per heavy atom. The van der Waals surface area contributed by atoms with Crippen LogP contribution in [0.5, 0.6) is 0 Å². The van der Waals surface area contributed by atoms with Gasteiger partial charge < -0.3 is 15.5 Å². The van der Waals surface area contributed by atoms with Crippen LogP contribution in [0, 0.1) is 0 Å². The Morgan fingerprint density at radius 2 is 2.40 bits per heavy atom. The Bertz CT molecular complexity index is 457. The molecular formula is C15H22N4S. The van der Waals surface area contributed by atoms with E-state index in [9.17, 15) is 0 Å². The Balaban J connectivity index is 1.95. The fourth-order valence-corrected chi connectivity index (χ4v) is 2.61. The van der Waals surface area contributed by atoms with Gasteiger partial charge in [-0.05, 0) is 50.5 Å². The highest BCUT2D eigenvalue weighted by molar-refractivity contribution is 7.80. The molecule has 20 heavy (non-hydrogen) atoms. The zero-order valence-electron chi connectivity index (χ0n) is 11.9. The average Bonchev–Trinajstić information content (AvgIpc) is 2.47. The van der Waals surface area contributed by atoms with Crippen molar-refractivity contribution in [3.05, 3.63) is 31.0 Å². The van der Waals surface area contributed by atoms with Crippen LogP contribution in [-0.2, 0) is 0 Å². The molecule has 4 nitrogen and oxygen atoms in total. The van der Waals surface area contributed by atoms with Gasteiger partial charge in [0.2, 0.25) is 0 Å². The molecule has 108 valence electrons. The van der Waals surface area contributed by atoms with Crippen molar-refractivity contribution in [3.8, 4) is 0 Å². The summed E-state index contributed by atoms with van der Waals surface area (Å²) in [6.45, 7) is 7.66. The van der Waals surface area contributed by atoms with Gasteiger partial charge in [-0.25, -0.2) is 4.98 Å². The molecule has 1 aromatic rings. The monoisotopic (exact) mass is 290 g/mol. The van der Waals surface area contributed by atoms with Gasteiger partial charge in [0.25, 0.3) is 0 Å². The van der Waals surface area contributed by atoms with Crippen molar-refractivity contribution >= 4 is 28.8 Å². The largest absolute Gasteiger partial charge is 0.359 e. The van der Waals surface area contributed by atoms with Gasteiger partial charge >= 0.3 is 0 Å². The van der Waals surface area contributed by atoms with E-state index in [2.05, 4.69) is 40.1 Å². The van der Waals surface area contributed by atoms with Gasteiger partial charge in [0.15, 0.2) is 5.11 Å². The van der Waals surface area contributed by atoms with Crippen LogP contribution in [0.4, 0.5) is 11.5 Å². The second-order valence-corrected chi connectivity index (χ2v) is 5.48. The van der Waals surface area contributed by atoms with Crippen LogP contribution in [0.3, 0.4) is 0 Å². The maximum atomic E-state index is 5.17. The Labute approximate surface area is 126 Å². The average molecular weight is 290 g/mol. The van der Waals surface area contributed by atoms with E-state index in [0.717, 1.165) is 18.1 Å². The molecule has 5 heteroatoms. The van der Waals surface area contributed by atoms with Crippen molar-refractivity contribution in [2.75, 3.05) is 23.3 Å². The molecule has 1 aliphatic heterocycles. The molecule has 1 fully saturated rings. The lowest BCUT2D eigenvalue weighted by Gasteiger charge is -2.34. The summed E-state index contributed by atoms with van der Waals surface area (Å²) in [5.41, 5.74) is 0.903. The number of aromatic nitrogens is 1. The molecule has 0 saturated carbocycles. The summed E-state index contributed by atoms with van der Waals surface area (Å²) < 4.78 is 0. The lowest BCUT2D eigenvalue weighted by atomic mass is 10.0. The lowest BCUT2D eigenvalue weighted by Crippen LogP contribution is -2.37. The molecule has 1 aliphatic rings. The van der Waals surface area contributed by atoms with E-state index < -0.39 is 0 Å². The third kappa shape index (κ3) is 3.93. The highest BCUT2D eigenvalue weighted by atomic mass is 32.1. The number of pyridine rings is 1.